The fourth-order valence-corrected chi connectivity index (χ4v) is 11.4. The number of rotatable bonds is 68. The summed E-state index contributed by atoms with van der Waals surface area (Å²) >= 11 is 0. The standard InChI is InChI=1S/C74H141NO5/c1-3-5-7-9-11-13-15-42-46-50-54-58-62-66-72(77)71(70-76)75-73(78)67-63-59-55-51-47-44-40-38-36-34-32-30-28-26-24-22-20-18-17-19-21-23-25-27-29-31-33-35-37-39-41-45-49-53-57-61-65-69-80-74(79)68-64-60-56-52-48-43-16-14-12-10-8-6-4-2/h17,19,23,25,62,66,71-72,76-77H,3-16,18,20-22,24,26-61,63-65,67-70H2,1-2H3,(H,75,78)/b19-17-,25-23-,66-62+. The minimum atomic E-state index is -0.842. The number of aliphatic hydroxyl groups excluding tert-OH is 2. The zero-order chi connectivity index (χ0) is 57.8. The van der Waals surface area contributed by atoms with Crippen LogP contribution in [0.4, 0.5) is 0 Å². The number of carbonyl (C=O) groups is 2. The third-order valence-corrected chi connectivity index (χ3v) is 16.9. The fourth-order valence-electron chi connectivity index (χ4n) is 11.4. The fraction of sp³-hybridized carbons (Fsp3) is 0.892. The number of ether oxygens (including phenoxy) is 1. The largest absolute Gasteiger partial charge is 0.466 e. The average Bonchev–Trinajstić information content (AvgIpc) is 3.46. The number of carbonyl (C=O) groups excluding carboxylic acids is 2. The second-order valence-corrected chi connectivity index (χ2v) is 24.9. The Morgan fingerprint density at radius 2 is 0.625 bits per heavy atom. The minimum absolute atomic E-state index is 0.0204. The summed E-state index contributed by atoms with van der Waals surface area (Å²) in [6, 6.07) is -0.625. The first-order valence-corrected chi connectivity index (χ1v) is 36.3. The molecule has 0 aliphatic heterocycles. The number of nitrogens with one attached hydrogen (secondary N) is 1. The summed E-state index contributed by atoms with van der Waals surface area (Å²) in [7, 11) is 0. The lowest BCUT2D eigenvalue weighted by atomic mass is 10.0. The van der Waals surface area contributed by atoms with Gasteiger partial charge in [-0.25, -0.2) is 0 Å². The molecule has 472 valence electrons. The van der Waals surface area contributed by atoms with Gasteiger partial charge in [0.1, 0.15) is 0 Å². The molecule has 0 rings (SSSR count). The van der Waals surface area contributed by atoms with Gasteiger partial charge in [0.25, 0.3) is 0 Å². The predicted octanol–water partition coefficient (Wildman–Crippen LogP) is 23.5. The molecule has 2 unspecified atom stereocenters. The summed E-state index contributed by atoms with van der Waals surface area (Å²) in [5.41, 5.74) is 0. The molecule has 6 nitrogen and oxygen atoms in total. The molecule has 0 aliphatic carbocycles. The van der Waals surface area contributed by atoms with Crippen molar-refractivity contribution in [3.63, 3.8) is 0 Å². The lowest BCUT2D eigenvalue weighted by Gasteiger charge is -2.20. The first-order chi connectivity index (χ1) is 39.5. The molecule has 0 aliphatic rings. The van der Waals surface area contributed by atoms with Gasteiger partial charge in [-0.2, -0.15) is 0 Å². The van der Waals surface area contributed by atoms with Gasteiger partial charge in [-0.05, 0) is 64.2 Å². The van der Waals surface area contributed by atoms with E-state index in [9.17, 15) is 19.8 Å². The third-order valence-electron chi connectivity index (χ3n) is 16.9. The zero-order valence-corrected chi connectivity index (χ0v) is 54.1. The zero-order valence-electron chi connectivity index (χ0n) is 54.1. The van der Waals surface area contributed by atoms with Crippen molar-refractivity contribution >= 4 is 11.9 Å². The molecule has 0 aromatic heterocycles. The van der Waals surface area contributed by atoms with Crippen molar-refractivity contribution in [3.05, 3.63) is 36.5 Å². The summed E-state index contributed by atoms with van der Waals surface area (Å²) in [4.78, 5) is 24.5. The van der Waals surface area contributed by atoms with E-state index in [0.29, 0.717) is 19.4 Å². The number of unbranched alkanes of at least 4 members (excludes halogenated alkanes) is 53. The molecular formula is C74H141NO5. The van der Waals surface area contributed by atoms with Crippen molar-refractivity contribution in [2.75, 3.05) is 13.2 Å². The van der Waals surface area contributed by atoms with E-state index in [1.165, 1.54) is 327 Å². The number of amides is 1. The maximum absolute atomic E-state index is 12.5. The predicted molar refractivity (Wildman–Crippen MR) is 352 cm³/mol. The van der Waals surface area contributed by atoms with Gasteiger partial charge in [-0.1, -0.05) is 359 Å². The molecule has 3 N–H and O–H groups in total. The maximum atomic E-state index is 12.5. The van der Waals surface area contributed by atoms with Crippen LogP contribution in [0.15, 0.2) is 36.5 Å². The van der Waals surface area contributed by atoms with Gasteiger partial charge in [0.2, 0.25) is 5.91 Å². The van der Waals surface area contributed by atoms with Gasteiger partial charge >= 0.3 is 5.97 Å². The minimum Gasteiger partial charge on any atom is -0.466 e. The van der Waals surface area contributed by atoms with Gasteiger partial charge < -0.3 is 20.3 Å². The summed E-state index contributed by atoms with van der Waals surface area (Å²) < 4.78 is 5.49. The van der Waals surface area contributed by atoms with E-state index in [1.807, 2.05) is 6.08 Å². The molecule has 0 spiro atoms. The Hall–Kier alpha value is -1.92. The van der Waals surface area contributed by atoms with E-state index in [-0.39, 0.29) is 18.5 Å². The highest BCUT2D eigenvalue weighted by Crippen LogP contribution is 2.19. The summed E-state index contributed by atoms with van der Waals surface area (Å²) in [5, 5.41) is 23.1. The second kappa shape index (κ2) is 69.6. The topological polar surface area (TPSA) is 95.9 Å². The van der Waals surface area contributed by atoms with Crippen LogP contribution >= 0.6 is 0 Å². The highest BCUT2D eigenvalue weighted by Gasteiger charge is 2.18. The number of allylic oxidation sites excluding steroid dienone is 5. The highest BCUT2D eigenvalue weighted by atomic mass is 16.5. The Morgan fingerprint density at radius 3 is 0.950 bits per heavy atom. The quantitative estimate of drug-likeness (QED) is 0.0320. The normalized spacial score (nSPS) is 12.7. The average molecular weight is 1120 g/mol. The van der Waals surface area contributed by atoms with Crippen LogP contribution in [0.2, 0.25) is 0 Å². The van der Waals surface area contributed by atoms with Crippen LogP contribution in [0.1, 0.15) is 399 Å². The van der Waals surface area contributed by atoms with E-state index < -0.39 is 12.1 Å². The molecule has 0 saturated heterocycles. The third kappa shape index (κ3) is 65.2. The molecule has 0 aromatic carbocycles. The van der Waals surface area contributed by atoms with Crippen molar-refractivity contribution in [2.24, 2.45) is 0 Å². The lowest BCUT2D eigenvalue weighted by molar-refractivity contribution is -0.143. The molecule has 0 saturated carbocycles. The lowest BCUT2D eigenvalue weighted by Crippen LogP contribution is -2.45. The Labute approximate surface area is 500 Å². The van der Waals surface area contributed by atoms with Crippen molar-refractivity contribution in [3.8, 4) is 0 Å². The van der Waals surface area contributed by atoms with Gasteiger partial charge in [0.05, 0.1) is 25.4 Å². The van der Waals surface area contributed by atoms with E-state index in [2.05, 4.69) is 43.5 Å². The van der Waals surface area contributed by atoms with E-state index in [4.69, 9.17) is 4.74 Å². The van der Waals surface area contributed by atoms with Gasteiger partial charge in [0.15, 0.2) is 0 Å². The van der Waals surface area contributed by atoms with Crippen LogP contribution < -0.4 is 5.32 Å². The van der Waals surface area contributed by atoms with Crippen molar-refractivity contribution in [1.82, 2.24) is 5.32 Å². The van der Waals surface area contributed by atoms with Crippen molar-refractivity contribution in [1.29, 1.82) is 0 Å². The molecule has 2 atom stereocenters. The maximum Gasteiger partial charge on any atom is 0.305 e. The van der Waals surface area contributed by atoms with Crippen molar-refractivity contribution < 1.29 is 24.5 Å². The molecule has 80 heavy (non-hydrogen) atoms. The number of hydrogen-bond acceptors (Lipinski definition) is 5. The van der Waals surface area contributed by atoms with E-state index in [1.54, 1.807) is 6.08 Å². The second-order valence-electron chi connectivity index (χ2n) is 24.9. The first-order valence-electron chi connectivity index (χ1n) is 36.3. The monoisotopic (exact) mass is 1120 g/mol. The van der Waals surface area contributed by atoms with Crippen molar-refractivity contribution in [2.45, 2.75) is 411 Å². The first kappa shape index (κ1) is 78.1. The number of esters is 1. The Kier molecular flexibility index (Phi) is 67.9. The number of aliphatic hydroxyl groups is 2. The molecule has 0 heterocycles. The molecule has 0 aromatic rings. The molecule has 1 amide bonds. The molecule has 0 fully saturated rings. The highest BCUT2D eigenvalue weighted by molar-refractivity contribution is 5.76. The molecule has 6 heteroatoms. The Bertz CT molecular complexity index is 1300. The summed E-state index contributed by atoms with van der Waals surface area (Å²) in [6.45, 7) is 4.93. The van der Waals surface area contributed by atoms with Crippen LogP contribution in [0.3, 0.4) is 0 Å². The SMILES string of the molecule is CCCCCCCCCCCCC/C=C/C(O)C(CO)NC(=O)CCCCCCCCCCCCCCCCCCC/C=C\C/C=C\CCCCCCCCCCCCCCCOC(=O)CCCCCCCCCCCCCCC. The van der Waals surface area contributed by atoms with Crippen LogP contribution in [0, 0.1) is 0 Å². The summed E-state index contributed by atoms with van der Waals surface area (Å²) in [6.07, 6.45) is 89.6. The smallest absolute Gasteiger partial charge is 0.305 e. The van der Waals surface area contributed by atoms with Gasteiger partial charge in [0, 0.05) is 12.8 Å². The molecule has 0 radical (unpaired) electrons. The molecule has 0 bridgehead atoms. The van der Waals surface area contributed by atoms with Crippen LogP contribution in [-0.4, -0.2) is 47.4 Å². The summed E-state index contributed by atoms with van der Waals surface area (Å²) in [5.74, 6) is -0.0434. The van der Waals surface area contributed by atoms with Gasteiger partial charge in [-0.15, -0.1) is 0 Å². The number of hydrogen-bond donors (Lipinski definition) is 3. The van der Waals surface area contributed by atoms with Gasteiger partial charge in [-0.3, -0.25) is 9.59 Å². The van der Waals surface area contributed by atoms with Crippen LogP contribution in [0.5, 0.6) is 0 Å². The van der Waals surface area contributed by atoms with E-state index >= 15 is 0 Å². The Balaban J connectivity index is 3.36. The van der Waals surface area contributed by atoms with E-state index in [0.717, 1.165) is 44.9 Å². The molecular weight excluding hydrogens is 983 g/mol. The van der Waals surface area contributed by atoms with Crippen LogP contribution in [-0.2, 0) is 14.3 Å². The Morgan fingerprint density at radius 1 is 0.350 bits per heavy atom. The van der Waals surface area contributed by atoms with Crippen LogP contribution in [0.25, 0.3) is 0 Å².